The number of aromatic hydroxyl groups is 1. The van der Waals surface area contributed by atoms with Gasteiger partial charge in [-0.3, -0.25) is 4.99 Å². The number of allylic oxidation sites excluding steroid dienone is 1. The third-order valence-corrected chi connectivity index (χ3v) is 5.61. The first-order valence-corrected chi connectivity index (χ1v) is 10.8. The number of benzene rings is 2. The molecular formula is C22H19Br2N3O2. The van der Waals surface area contributed by atoms with Gasteiger partial charge in [-0.25, -0.2) is 4.98 Å². The molecule has 2 aliphatic rings. The van der Waals surface area contributed by atoms with Crippen molar-refractivity contribution in [3.05, 3.63) is 75.6 Å². The molecule has 0 spiro atoms. The number of hydrogen-bond donors (Lipinski definition) is 1. The molecule has 148 valence electrons. The molecule has 5 rings (SSSR count). The Kier molecular flexibility index (Phi) is 6.16. The van der Waals surface area contributed by atoms with E-state index in [-0.39, 0.29) is 5.75 Å². The number of aliphatic imine (C=N–C) groups is 1. The lowest BCUT2D eigenvalue weighted by Gasteiger charge is -2.17. The van der Waals surface area contributed by atoms with E-state index in [1.165, 1.54) is 0 Å². The maximum absolute atomic E-state index is 9.61. The molecule has 0 saturated heterocycles. The van der Waals surface area contributed by atoms with E-state index in [1.54, 1.807) is 12.3 Å². The van der Waals surface area contributed by atoms with E-state index in [0.717, 1.165) is 63.4 Å². The number of imidazole rings is 1. The summed E-state index contributed by atoms with van der Waals surface area (Å²) in [6.45, 7) is 1.71. The van der Waals surface area contributed by atoms with E-state index in [4.69, 9.17) is 4.74 Å². The maximum atomic E-state index is 9.61. The van der Waals surface area contributed by atoms with Gasteiger partial charge in [0, 0.05) is 46.1 Å². The van der Waals surface area contributed by atoms with Gasteiger partial charge in [0.1, 0.15) is 17.3 Å². The molecule has 3 aromatic rings. The molecule has 1 N–H and O–H groups in total. The van der Waals surface area contributed by atoms with Gasteiger partial charge in [0.05, 0.1) is 17.9 Å². The van der Waals surface area contributed by atoms with Crippen LogP contribution in [0.2, 0.25) is 0 Å². The Balaban J connectivity index is 0.000000145. The Morgan fingerprint density at radius 3 is 2.59 bits per heavy atom. The standard InChI is InChI=1S/C12H11BrN2O.C10H8BrNO/c13-9-2-3-10-11(8-9)16-7-1-5-15-6-4-14-12(10)15;11-7-3-4-8(10(13)6-7)9-2-1-5-12-9/h2-4,6,8H,1,5,7H2;1,3-6,13H,2H2. The Morgan fingerprint density at radius 1 is 1.03 bits per heavy atom. The fourth-order valence-electron chi connectivity index (χ4n) is 3.24. The van der Waals surface area contributed by atoms with Gasteiger partial charge in [-0.1, -0.05) is 37.9 Å². The highest BCUT2D eigenvalue weighted by molar-refractivity contribution is 9.10. The summed E-state index contributed by atoms with van der Waals surface area (Å²) in [6.07, 6.45) is 9.40. The predicted molar refractivity (Wildman–Crippen MR) is 122 cm³/mol. The molecule has 2 aliphatic heterocycles. The lowest BCUT2D eigenvalue weighted by atomic mass is 10.1. The summed E-state index contributed by atoms with van der Waals surface area (Å²) in [5.41, 5.74) is 2.80. The van der Waals surface area contributed by atoms with Crippen molar-refractivity contribution in [2.24, 2.45) is 4.99 Å². The molecule has 29 heavy (non-hydrogen) atoms. The largest absolute Gasteiger partial charge is 0.507 e. The third kappa shape index (κ3) is 4.62. The highest BCUT2D eigenvalue weighted by Gasteiger charge is 2.15. The molecule has 0 radical (unpaired) electrons. The van der Waals surface area contributed by atoms with Gasteiger partial charge in [0.25, 0.3) is 0 Å². The number of rotatable bonds is 1. The van der Waals surface area contributed by atoms with Crippen LogP contribution >= 0.6 is 31.9 Å². The van der Waals surface area contributed by atoms with Crippen LogP contribution in [-0.2, 0) is 6.54 Å². The van der Waals surface area contributed by atoms with Crippen molar-refractivity contribution in [1.29, 1.82) is 0 Å². The van der Waals surface area contributed by atoms with E-state index >= 15 is 0 Å². The van der Waals surface area contributed by atoms with E-state index < -0.39 is 0 Å². The van der Waals surface area contributed by atoms with Crippen molar-refractivity contribution < 1.29 is 9.84 Å². The van der Waals surface area contributed by atoms with Gasteiger partial charge in [-0.2, -0.15) is 0 Å². The van der Waals surface area contributed by atoms with Gasteiger partial charge < -0.3 is 14.4 Å². The van der Waals surface area contributed by atoms with Crippen molar-refractivity contribution in [3.63, 3.8) is 0 Å². The average Bonchev–Trinajstić information content (AvgIpc) is 3.36. The second-order valence-corrected chi connectivity index (χ2v) is 8.44. The molecule has 5 nitrogen and oxygen atoms in total. The van der Waals surface area contributed by atoms with Gasteiger partial charge >= 0.3 is 0 Å². The van der Waals surface area contributed by atoms with Crippen LogP contribution in [0.25, 0.3) is 11.4 Å². The summed E-state index contributed by atoms with van der Waals surface area (Å²) in [5, 5.41) is 9.61. The summed E-state index contributed by atoms with van der Waals surface area (Å²) in [4.78, 5) is 8.55. The summed E-state index contributed by atoms with van der Waals surface area (Å²) in [5.74, 6) is 2.17. The van der Waals surface area contributed by atoms with Crippen LogP contribution in [0, 0.1) is 0 Å². The van der Waals surface area contributed by atoms with Gasteiger partial charge in [0.2, 0.25) is 0 Å². The first-order chi connectivity index (χ1) is 14.1. The van der Waals surface area contributed by atoms with Crippen molar-refractivity contribution in [2.45, 2.75) is 19.4 Å². The van der Waals surface area contributed by atoms with Crippen LogP contribution in [0.4, 0.5) is 0 Å². The van der Waals surface area contributed by atoms with Crippen molar-refractivity contribution in [2.75, 3.05) is 6.61 Å². The summed E-state index contributed by atoms with van der Waals surface area (Å²) < 4.78 is 9.84. The van der Waals surface area contributed by atoms with E-state index in [1.807, 2.05) is 48.8 Å². The van der Waals surface area contributed by atoms with Gasteiger partial charge in [-0.15, -0.1) is 0 Å². The fraction of sp³-hybridized carbons (Fsp3) is 0.182. The summed E-state index contributed by atoms with van der Waals surface area (Å²) >= 11 is 6.75. The van der Waals surface area contributed by atoms with Crippen LogP contribution in [0.1, 0.15) is 18.4 Å². The maximum Gasteiger partial charge on any atom is 0.143 e. The van der Waals surface area contributed by atoms with E-state index in [0.29, 0.717) is 0 Å². The highest BCUT2D eigenvalue weighted by atomic mass is 79.9. The number of phenols is 1. The zero-order chi connectivity index (χ0) is 20.2. The molecule has 0 bridgehead atoms. The minimum atomic E-state index is 0.275. The second-order valence-electron chi connectivity index (χ2n) is 6.61. The number of ether oxygens (including phenoxy) is 1. The van der Waals surface area contributed by atoms with Crippen molar-refractivity contribution >= 4 is 37.6 Å². The predicted octanol–water partition coefficient (Wildman–Crippen LogP) is 5.96. The Labute approximate surface area is 186 Å². The number of fused-ring (bicyclic) bond motifs is 3. The van der Waals surface area contributed by atoms with Crippen LogP contribution in [-0.4, -0.2) is 27.0 Å². The van der Waals surface area contributed by atoms with Crippen LogP contribution in [0.5, 0.6) is 11.5 Å². The molecule has 0 amide bonds. The molecule has 1 aromatic heterocycles. The monoisotopic (exact) mass is 515 g/mol. The average molecular weight is 517 g/mol. The van der Waals surface area contributed by atoms with Crippen LogP contribution < -0.4 is 4.74 Å². The number of hydrogen-bond acceptors (Lipinski definition) is 4. The number of nitrogens with zero attached hydrogens (tertiary/aromatic N) is 3. The summed E-state index contributed by atoms with van der Waals surface area (Å²) in [6, 6.07) is 11.5. The number of halogens is 2. The lowest BCUT2D eigenvalue weighted by molar-refractivity contribution is 0.298. The molecule has 2 aromatic carbocycles. The molecule has 0 atom stereocenters. The van der Waals surface area contributed by atoms with Gasteiger partial charge in [-0.05, 0) is 42.8 Å². The topological polar surface area (TPSA) is 59.6 Å². The number of phenolic OH excluding ortho intramolecular Hbond substituents is 1. The number of aryl methyl sites for hydroxylation is 1. The Hall–Kier alpha value is -2.38. The first-order valence-electron chi connectivity index (χ1n) is 9.26. The SMILES string of the molecule is Brc1ccc2c(c1)OCCCn1ccnc1-2.Oc1cc(Br)ccc1C1=NC=CC1. The van der Waals surface area contributed by atoms with Crippen molar-refractivity contribution in [1.82, 2.24) is 9.55 Å². The van der Waals surface area contributed by atoms with Gasteiger partial charge in [0.15, 0.2) is 0 Å². The molecule has 0 aliphatic carbocycles. The Morgan fingerprint density at radius 2 is 1.83 bits per heavy atom. The number of aromatic nitrogens is 2. The molecule has 0 fully saturated rings. The van der Waals surface area contributed by atoms with E-state index in [9.17, 15) is 5.11 Å². The normalized spacial score (nSPS) is 14.5. The highest BCUT2D eigenvalue weighted by Crippen LogP contribution is 2.33. The molecule has 0 saturated carbocycles. The van der Waals surface area contributed by atoms with Crippen LogP contribution in [0.3, 0.4) is 0 Å². The molecule has 7 heteroatoms. The zero-order valence-electron chi connectivity index (χ0n) is 15.6. The Bertz CT molecular complexity index is 1090. The smallest absolute Gasteiger partial charge is 0.143 e. The first kappa shape index (κ1) is 19.9. The lowest BCUT2D eigenvalue weighted by Crippen LogP contribution is -2.09. The minimum Gasteiger partial charge on any atom is -0.507 e. The molecule has 3 heterocycles. The van der Waals surface area contributed by atoms with E-state index in [2.05, 4.69) is 46.4 Å². The minimum absolute atomic E-state index is 0.275. The third-order valence-electron chi connectivity index (χ3n) is 4.62. The summed E-state index contributed by atoms with van der Waals surface area (Å²) in [7, 11) is 0. The van der Waals surface area contributed by atoms with Crippen molar-refractivity contribution in [3.8, 4) is 22.9 Å². The zero-order valence-corrected chi connectivity index (χ0v) is 18.7. The quantitative estimate of drug-likeness (QED) is 0.434. The molecular weight excluding hydrogens is 498 g/mol. The fourth-order valence-corrected chi connectivity index (χ4v) is 3.93. The molecule has 0 unspecified atom stereocenters. The second kappa shape index (κ2) is 8.97. The van der Waals surface area contributed by atoms with Crippen LogP contribution in [0.15, 0.2) is 75.0 Å².